The summed E-state index contributed by atoms with van der Waals surface area (Å²) >= 11 is 0. The largest absolute Gasteiger partial charge is 0.496 e. The number of aryl methyl sites for hydroxylation is 1. The van der Waals surface area contributed by atoms with E-state index in [1.165, 1.54) is 7.11 Å². The number of amides is 1. The van der Waals surface area contributed by atoms with Crippen LogP contribution in [0.4, 0.5) is 18.0 Å². The van der Waals surface area contributed by atoms with Gasteiger partial charge in [-0.25, -0.2) is 18.4 Å². The van der Waals surface area contributed by atoms with Gasteiger partial charge in [-0.1, -0.05) is 0 Å². The van der Waals surface area contributed by atoms with Crippen LogP contribution in [0.3, 0.4) is 0 Å². The van der Waals surface area contributed by atoms with Crippen LogP contribution in [0, 0.1) is 12.8 Å². The van der Waals surface area contributed by atoms with Crippen molar-refractivity contribution in [2.24, 2.45) is 11.1 Å². The molecule has 13 heteroatoms. The summed E-state index contributed by atoms with van der Waals surface area (Å²) in [6, 6.07) is 3.15. The minimum Gasteiger partial charge on any atom is -0.496 e. The smallest absolute Gasteiger partial charge is 0.417 e. The molecule has 2 aromatic rings. The number of carbonyl (C=O) groups excluding carboxylic acids is 1. The summed E-state index contributed by atoms with van der Waals surface area (Å²) in [5.41, 5.74) is -0.643. The van der Waals surface area contributed by atoms with Gasteiger partial charge in [0.15, 0.2) is 0 Å². The highest BCUT2D eigenvalue weighted by Crippen LogP contribution is 2.41. The van der Waals surface area contributed by atoms with E-state index in [1.54, 1.807) is 17.9 Å². The van der Waals surface area contributed by atoms with Gasteiger partial charge in [0, 0.05) is 18.7 Å². The minimum atomic E-state index is -4.97. The van der Waals surface area contributed by atoms with Crippen molar-refractivity contribution in [1.82, 2.24) is 15.1 Å². The quantitative estimate of drug-likeness (QED) is 0.595. The maximum absolute atomic E-state index is 13.5. The van der Waals surface area contributed by atoms with Gasteiger partial charge < -0.3 is 14.4 Å². The lowest BCUT2D eigenvalue weighted by atomic mass is 9.93. The Kier molecular flexibility index (Phi) is 8.08. The second kappa shape index (κ2) is 10.4. The number of rotatable bonds is 5. The van der Waals surface area contributed by atoms with Crippen LogP contribution in [0.2, 0.25) is 0 Å². The van der Waals surface area contributed by atoms with E-state index >= 15 is 0 Å². The maximum Gasteiger partial charge on any atom is 0.417 e. The Morgan fingerprint density at radius 2 is 1.86 bits per heavy atom. The Balaban J connectivity index is 1.89. The molecule has 0 radical (unpaired) electrons. The summed E-state index contributed by atoms with van der Waals surface area (Å²) in [5.74, 6) is -0.0967. The third-order valence-corrected chi connectivity index (χ3v) is 6.82. The van der Waals surface area contributed by atoms with Gasteiger partial charge in [-0.05, 0) is 76.6 Å². The van der Waals surface area contributed by atoms with Crippen LogP contribution >= 0.6 is 0 Å². The molecule has 1 atom stereocenters. The molecule has 1 aliphatic rings. The number of carbonyl (C=O) groups is 1. The first-order valence-corrected chi connectivity index (χ1v) is 13.2. The molecule has 2 heterocycles. The van der Waals surface area contributed by atoms with E-state index in [9.17, 15) is 26.4 Å². The highest BCUT2D eigenvalue weighted by molar-refractivity contribution is 7.89. The van der Waals surface area contributed by atoms with Gasteiger partial charge >= 0.3 is 12.3 Å². The van der Waals surface area contributed by atoms with Crippen molar-refractivity contribution >= 4 is 16.1 Å². The molecule has 204 valence electrons. The van der Waals surface area contributed by atoms with Gasteiger partial charge in [0.2, 0.25) is 10.0 Å². The van der Waals surface area contributed by atoms with Crippen molar-refractivity contribution in [3.8, 4) is 17.0 Å². The number of hydrogen-bond acceptors (Lipinski definition) is 7. The molecule has 1 saturated heterocycles. The van der Waals surface area contributed by atoms with Gasteiger partial charge in [-0.3, -0.25) is 0 Å². The highest BCUT2D eigenvalue weighted by atomic mass is 32.2. The summed E-state index contributed by atoms with van der Waals surface area (Å²) in [6.45, 7) is 8.23. The summed E-state index contributed by atoms with van der Waals surface area (Å²) in [6.07, 6.45) is -3.11. The first-order valence-electron chi connectivity index (χ1n) is 11.6. The van der Waals surface area contributed by atoms with Crippen LogP contribution in [0.5, 0.6) is 5.75 Å². The second-order valence-corrected chi connectivity index (χ2v) is 11.6. The summed E-state index contributed by atoms with van der Waals surface area (Å²) in [5, 5.41) is 13.5. The van der Waals surface area contributed by atoms with Crippen LogP contribution in [-0.2, 0) is 27.4 Å². The maximum atomic E-state index is 13.5. The van der Waals surface area contributed by atoms with Crippen LogP contribution in [0.1, 0.15) is 50.4 Å². The number of alkyl halides is 3. The van der Waals surface area contributed by atoms with Crippen LogP contribution in [0.25, 0.3) is 11.3 Å². The summed E-state index contributed by atoms with van der Waals surface area (Å²) in [7, 11) is -3.53. The van der Waals surface area contributed by atoms with Gasteiger partial charge in [-0.2, -0.15) is 18.3 Å². The van der Waals surface area contributed by atoms with Crippen LogP contribution in [-0.4, -0.2) is 55.4 Å². The lowest BCUT2D eigenvalue weighted by Crippen LogP contribution is -2.43. The third-order valence-electron chi connectivity index (χ3n) is 5.87. The van der Waals surface area contributed by atoms with E-state index in [4.69, 9.17) is 14.6 Å². The number of hydrogen-bond donors (Lipinski definition) is 1. The fourth-order valence-corrected chi connectivity index (χ4v) is 5.06. The zero-order valence-electron chi connectivity index (χ0n) is 21.3. The molecule has 1 amide bonds. The molecule has 9 nitrogen and oxygen atoms in total. The van der Waals surface area contributed by atoms with Crippen molar-refractivity contribution in [1.29, 1.82) is 0 Å². The topological polar surface area (TPSA) is 125 Å². The Labute approximate surface area is 214 Å². The highest BCUT2D eigenvalue weighted by Gasteiger charge is 2.38. The summed E-state index contributed by atoms with van der Waals surface area (Å²) in [4.78, 5) is 13.1. The molecule has 1 aliphatic heterocycles. The third kappa shape index (κ3) is 7.10. The van der Waals surface area contributed by atoms with Crippen molar-refractivity contribution in [2.45, 2.75) is 63.6 Å². The Morgan fingerprint density at radius 1 is 1.19 bits per heavy atom. The van der Waals surface area contributed by atoms with Gasteiger partial charge in [0.25, 0.3) is 0 Å². The number of primary sulfonamides is 1. The van der Waals surface area contributed by atoms with Crippen molar-refractivity contribution in [3.63, 3.8) is 0 Å². The molecule has 2 N–H and O–H groups in total. The number of halogens is 3. The normalized spacial score (nSPS) is 17.0. The predicted octanol–water partition coefficient (Wildman–Crippen LogP) is 4.32. The molecule has 1 fully saturated rings. The Morgan fingerprint density at radius 3 is 2.41 bits per heavy atom. The van der Waals surface area contributed by atoms with Crippen molar-refractivity contribution in [3.05, 3.63) is 35.0 Å². The van der Waals surface area contributed by atoms with Crippen LogP contribution in [0.15, 0.2) is 23.1 Å². The van der Waals surface area contributed by atoms with Gasteiger partial charge in [-0.15, -0.1) is 5.10 Å². The molecule has 0 unspecified atom stereocenters. The number of methoxy groups -OCH3 is 1. The molecule has 1 aromatic heterocycles. The number of aromatic nitrogens is 2. The molecular weight excluding hydrogens is 513 g/mol. The van der Waals surface area contributed by atoms with Crippen molar-refractivity contribution < 1.29 is 35.9 Å². The second-order valence-electron chi connectivity index (χ2n) is 10.1. The van der Waals surface area contributed by atoms with E-state index in [0.29, 0.717) is 36.8 Å². The molecule has 1 aromatic carbocycles. The standard InChI is InChI=1S/C24H31F3N4O5S/c1-14-9-16(10-15-7-6-8-31(13-15)22(32)36-23(2,3)4)29-30-21(14)17-11-20(37(28,33)34)18(24(25,26)27)12-19(17)35-5/h9,11-12,15H,6-8,10,13H2,1-5H3,(H2,28,33,34)/t15-/m0/s1. The first-order chi connectivity index (χ1) is 17.0. The number of benzene rings is 1. The summed E-state index contributed by atoms with van der Waals surface area (Å²) < 4.78 is 75.0. The number of piperidine rings is 1. The number of sulfonamides is 1. The Bertz CT molecular complexity index is 1280. The average molecular weight is 545 g/mol. The lowest BCUT2D eigenvalue weighted by Gasteiger charge is -2.34. The van der Waals surface area contributed by atoms with E-state index < -0.39 is 32.3 Å². The molecule has 0 spiro atoms. The van der Waals surface area contributed by atoms with E-state index in [1.807, 2.05) is 20.8 Å². The van der Waals surface area contributed by atoms with E-state index in [2.05, 4.69) is 10.2 Å². The number of ether oxygens (including phenoxy) is 2. The predicted molar refractivity (Wildman–Crippen MR) is 129 cm³/mol. The number of likely N-dealkylation sites (tertiary alicyclic amines) is 1. The molecule has 3 rings (SSSR count). The number of nitrogens with zero attached hydrogens (tertiary/aromatic N) is 3. The van der Waals surface area contributed by atoms with Gasteiger partial charge in [0.1, 0.15) is 11.4 Å². The average Bonchev–Trinajstić information content (AvgIpc) is 2.76. The lowest BCUT2D eigenvalue weighted by molar-refractivity contribution is -0.140. The molecule has 0 bridgehead atoms. The SMILES string of the molecule is COc1cc(C(F)(F)F)c(S(N)(=O)=O)cc1-c1nnc(C[C@@H]2CCCN(C(=O)OC(C)(C)C)C2)cc1C. The van der Waals surface area contributed by atoms with E-state index in [0.717, 1.165) is 18.9 Å². The molecule has 37 heavy (non-hydrogen) atoms. The zero-order chi connectivity index (χ0) is 27.8. The van der Waals surface area contributed by atoms with Gasteiger partial charge in [0.05, 0.1) is 29.0 Å². The minimum absolute atomic E-state index is 0.0184. The molecular formula is C24H31F3N4O5S. The molecule has 0 saturated carbocycles. The van der Waals surface area contributed by atoms with Crippen LogP contribution < -0.4 is 9.88 Å². The zero-order valence-corrected chi connectivity index (χ0v) is 22.2. The number of nitrogens with two attached hydrogens (primary N) is 1. The Hall–Kier alpha value is -2.93. The fourth-order valence-electron chi connectivity index (χ4n) is 4.30. The fraction of sp³-hybridized carbons (Fsp3) is 0.542. The first kappa shape index (κ1) is 28.6. The van der Waals surface area contributed by atoms with E-state index in [-0.39, 0.29) is 29.0 Å². The molecule has 0 aliphatic carbocycles. The monoisotopic (exact) mass is 544 g/mol. The van der Waals surface area contributed by atoms with Crippen molar-refractivity contribution in [2.75, 3.05) is 20.2 Å².